The Balaban J connectivity index is 3.01. The molecule has 3 heteroatoms. The van der Waals surface area contributed by atoms with Gasteiger partial charge in [0.25, 0.3) is 0 Å². The van der Waals surface area contributed by atoms with E-state index in [1.807, 2.05) is 12.1 Å². The van der Waals surface area contributed by atoms with Gasteiger partial charge in [0.2, 0.25) is 0 Å². The van der Waals surface area contributed by atoms with Crippen molar-refractivity contribution in [2.24, 2.45) is 0 Å². The highest BCUT2D eigenvalue weighted by Crippen LogP contribution is 2.33. The predicted molar refractivity (Wildman–Crippen MR) is 58.4 cm³/mol. The standard InChI is InChI=1S/C9H9BrCl2/c1-2-8(10)7-4-3-6(11)5-9(7)12/h3-5,8H,2H2,1H3/t8-/m0/s1. The Morgan fingerprint density at radius 2 is 2.08 bits per heavy atom. The van der Waals surface area contributed by atoms with Crippen LogP contribution in [0.25, 0.3) is 0 Å². The monoisotopic (exact) mass is 266 g/mol. The number of alkyl halides is 1. The molecule has 0 aliphatic heterocycles. The van der Waals surface area contributed by atoms with Gasteiger partial charge in [0.15, 0.2) is 0 Å². The molecule has 0 aliphatic rings. The molecule has 1 aromatic carbocycles. The van der Waals surface area contributed by atoms with Gasteiger partial charge in [0.05, 0.1) is 0 Å². The maximum atomic E-state index is 5.99. The Hall–Kier alpha value is 0.280. The van der Waals surface area contributed by atoms with Gasteiger partial charge in [0, 0.05) is 14.9 Å². The lowest BCUT2D eigenvalue weighted by Crippen LogP contribution is -1.88. The van der Waals surface area contributed by atoms with Crippen molar-refractivity contribution in [2.45, 2.75) is 18.2 Å². The summed E-state index contributed by atoms with van der Waals surface area (Å²) in [6.07, 6.45) is 1.02. The van der Waals surface area contributed by atoms with E-state index in [1.165, 1.54) is 0 Å². The van der Waals surface area contributed by atoms with Crippen LogP contribution in [0.2, 0.25) is 10.0 Å². The van der Waals surface area contributed by atoms with Crippen LogP contribution >= 0.6 is 39.1 Å². The Labute approximate surface area is 91.0 Å². The van der Waals surface area contributed by atoms with Crippen molar-refractivity contribution in [1.82, 2.24) is 0 Å². The van der Waals surface area contributed by atoms with Crippen molar-refractivity contribution >= 4 is 39.1 Å². The zero-order chi connectivity index (χ0) is 9.14. The van der Waals surface area contributed by atoms with Crippen molar-refractivity contribution in [1.29, 1.82) is 0 Å². The average molecular weight is 268 g/mol. The SMILES string of the molecule is CC[C@H](Br)c1ccc(Cl)cc1Cl. The molecule has 12 heavy (non-hydrogen) atoms. The number of hydrogen-bond donors (Lipinski definition) is 0. The van der Waals surface area contributed by atoms with Gasteiger partial charge in [-0.05, 0) is 24.1 Å². The fourth-order valence-corrected chi connectivity index (χ4v) is 2.05. The Bertz CT molecular complexity index is 273. The van der Waals surface area contributed by atoms with Crippen molar-refractivity contribution in [2.75, 3.05) is 0 Å². The molecule has 1 atom stereocenters. The van der Waals surface area contributed by atoms with Gasteiger partial charge in [-0.2, -0.15) is 0 Å². The highest BCUT2D eigenvalue weighted by atomic mass is 79.9. The topological polar surface area (TPSA) is 0 Å². The third-order valence-electron chi connectivity index (χ3n) is 1.66. The third kappa shape index (κ3) is 2.38. The van der Waals surface area contributed by atoms with Gasteiger partial charge in [-0.3, -0.25) is 0 Å². The first kappa shape index (κ1) is 10.4. The maximum Gasteiger partial charge on any atom is 0.0464 e. The lowest BCUT2D eigenvalue weighted by molar-refractivity contribution is 0.911. The number of benzene rings is 1. The summed E-state index contributed by atoms with van der Waals surface area (Å²) in [6, 6.07) is 5.57. The summed E-state index contributed by atoms with van der Waals surface area (Å²) in [4.78, 5) is 0.322. The van der Waals surface area contributed by atoms with Crippen LogP contribution in [0.3, 0.4) is 0 Å². The summed E-state index contributed by atoms with van der Waals surface area (Å²) in [6.45, 7) is 2.10. The smallest absolute Gasteiger partial charge is 0.0464 e. The van der Waals surface area contributed by atoms with E-state index in [-0.39, 0.29) is 0 Å². The molecule has 0 saturated carbocycles. The molecule has 0 spiro atoms. The summed E-state index contributed by atoms with van der Waals surface area (Å²) in [5.74, 6) is 0. The van der Waals surface area contributed by atoms with Gasteiger partial charge < -0.3 is 0 Å². The fourth-order valence-electron chi connectivity index (χ4n) is 0.975. The first-order valence-corrected chi connectivity index (χ1v) is 5.41. The molecular weight excluding hydrogens is 259 g/mol. The molecule has 1 aromatic rings. The largest absolute Gasteiger partial charge is 0.0843 e. The Morgan fingerprint density at radius 3 is 2.58 bits per heavy atom. The summed E-state index contributed by atoms with van der Waals surface area (Å²) in [5, 5.41) is 1.41. The Morgan fingerprint density at radius 1 is 1.42 bits per heavy atom. The van der Waals surface area contributed by atoms with E-state index in [0.29, 0.717) is 9.85 Å². The second kappa shape index (κ2) is 4.50. The van der Waals surface area contributed by atoms with Crippen LogP contribution in [-0.2, 0) is 0 Å². The van der Waals surface area contributed by atoms with Crippen LogP contribution < -0.4 is 0 Å². The van der Waals surface area contributed by atoms with E-state index >= 15 is 0 Å². The fraction of sp³-hybridized carbons (Fsp3) is 0.333. The summed E-state index contributed by atoms with van der Waals surface area (Å²) >= 11 is 15.3. The Kier molecular flexibility index (Phi) is 3.88. The minimum atomic E-state index is 0.322. The van der Waals surface area contributed by atoms with E-state index in [4.69, 9.17) is 23.2 Å². The van der Waals surface area contributed by atoms with Crippen LogP contribution in [0, 0.1) is 0 Å². The second-order valence-electron chi connectivity index (χ2n) is 2.54. The highest BCUT2D eigenvalue weighted by molar-refractivity contribution is 9.09. The molecule has 0 nitrogen and oxygen atoms in total. The summed E-state index contributed by atoms with van der Waals surface area (Å²) in [7, 11) is 0. The zero-order valence-electron chi connectivity index (χ0n) is 6.65. The van der Waals surface area contributed by atoms with Crippen molar-refractivity contribution in [3.8, 4) is 0 Å². The van der Waals surface area contributed by atoms with E-state index in [1.54, 1.807) is 6.07 Å². The number of halogens is 3. The molecule has 1 rings (SSSR count). The lowest BCUT2D eigenvalue weighted by Gasteiger charge is -2.08. The van der Waals surface area contributed by atoms with Crippen molar-refractivity contribution < 1.29 is 0 Å². The molecule has 0 unspecified atom stereocenters. The van der Waals surface area contributed by atoms with Crippen molar-refractivity contribution in [3.05, 3.63) is 33.8 Å². The van der Waals surface area contributed by atoms with Crippen LogP contribution in [0.5, 0.6) is 0 Å². The molecule has 0 fully saturated rings. The normalized spacial score (nSPS) is 13.0. The molecule has 0 heterocycles. The second-order valence-corrected chi connectivity index (χ2v) is 4.49. The van der Waals surface area contributed by atoms with Crippen LogP contribution in [0.15, 0.2) is 18.2 Å². The highest BCUT2D eigenvalue weighted by Gasteiger charge is 2.08. The third-order valence-corrected chi connectivity index (χ3v) is 3.36. The lowest BCUT2D eigenvalue weighted by atomic mass is 10.1. The molecule has 0 bridgehead atoms. The quantitative estimate of drug-likeness (QED) is 0.673. The van der Waals surface area contributed by atoms with E-state index in [2.05, 4.69) is 22.9 Å². The first-order chi connectivity index (χ1) is 5.65. The molecule has 0 aromatic heterocycles. The molecule has 0 amide bonds. The van der Waals surface area contributed by atoms with Crippen LogP contribution in [0.1, 0.15) is 23.7 Å². The predicted octanol–water partition coefficient (Wildman–Crippen LogP) is 4.84. The van der Waals surface area contributed by atoms with E-state index in [9.17, 15) is 0 Å². The first-order valence-electron chi connectivity index (χ1n) is 3.74. The van der Waals surface area contributed by atoms with Gasteiger partial charge in [0.1, 0.15) is 0 Å². The number of rotatable bonds is 2. The zero-order valence-corrected chi connectivity index (χ0v) is 9.75. The van der Waals surface area contributed by atoms with Crippen LogP contribution in [-0.4, -0.2) is 0 Å². The van der Waals surface area contributed by atoms with E-state index in [0.717, 1.165) is 17.0 Å². The maximum absolute atomic E-state index is 5.99. The molecule has 66 valence electrons. The molecular formula is C9H9BrCl2. The minimum absolute atomic E-state index is 0.322. The van der Waals surface area contributed by atoms with E-state index < -0.39 is 0 Å². The van der Waals surface area contributed by atoms with Crippen LogP contribution in [0.4, 0.5) is 0 Å². The number of hydrogen-bond acceptors (Lipinski definition) is 0. The van der Waals surface area contributed by atoms with Gasteiger partial charge in [-0.25, -0.2) is 0 Å². The van der Waals surface area contributed by atoms with Gasteiger partial charge in [-0.15, -0.1) is 0 Å². The van der Waals surface area contributed by atoms with Gasteiger partial charge in [-0.1, -0.05) is 52.1 Å². The molecule has 0 saturated heterocycles. The molecule has 0 radical (unpaired) electrons. The summed E-state index contributed by atoms with van der Waals surface area (Å²) < 4.78 is 0. The molecule has 0 N–H and O–H groups in total. The summed E-state index contributed by atoms with van der Waals surface area (Å²) in [5.41, 5.74) is 1.10. The van der Waals surface area contributed by atoms with Gasteiger partial charge >= 0.3 is 0 Å². The van der Waals surface area contributed by atoms with Crippen molar-refractivity contribution in [3.63, 3.8) is 0 Å². The minimum Gasteiger partial charge on any atom is -0.0843 e. The average Bonchev–Trinajstić information content (AvgIpc) is 2.03. The molecule has 0 aliphatic carbocycles.